The van der Waals surface area contributed by atoms with Crippen LogP contribution in [0.25, 0.3) is 58.8 Å². The summed E-state index contributed by atoms with van der Waals surface area (Å²) >= 11 is 1.90. The molecule has 2 aliphatic rings. The van der Waals surface area contributed by atoms with Gasteiger partial charge in [-0.2, -0.15) is 0 Å². The molecule has 0 amide bonds. The molecule has 1 nitrogen and oxygen atoms in total. The summed E-state index contributed by atoms with van der Waals surface area (Å²) in [6, 6.07) is 58.2. The van der Waals surface area contributed by atoms with Crippen LogP contribution in [-0.2, 0) is 5.41 Å². The van der Waals surface area contributed by atoms with E-state index in [0.29, 0.717) is 5.92 Å². The van der Waals surface area contributed by atoms with Crippen molar-refractivity contribution in [2.24, 2.45) is 5.92 Å². The fraction of sp³-hybridized carbons (Fsp3) is 0.102. The van der Waals surface area contributed by atoms with Crippen molar-refractivity contribution >= 4 is 59.2 Å². The lowest BCUT2D eigenvalue weighted by molar-refractivity contribution is 0.406. The van der Waals surface area contributed by atoms with Crippen molar-refractivity contribution in [1.82, 2.24) is 0 Å². The van der Waals surface area contributed by atoms with Crippen molar-refractivity contribution in [1.29, 1.82) is 0 Å². The average Bonchev–Trinajstić information content (AvgIpc) is 3.67. The van der Waals surface area contributed by atoms with Crippen LogP contribution in [0.2, 0.25) is 0 Å². The van der Waals surface area contributed by atoms with Crippen LogP contribution in [0.3, 0.4) is 0 Å². The van der Waals surface area contributed by atoms with Gasteiger partial charge in [0, 0.05) is 42.6 Å². The second kappa shape index (κ2) is 11.7. The molecule has 8 aromatic rings. The van der Waals surface area contributed by atoms with Crippen molar-refractivity contribution in [3.63, 3.8) is 0 Å². The van der Waals surface area contributed by atoms with Gasteiger partial charge in [-0.25, -0.2) is 0 Å². The largest absolute Gasteiger partial charge is 0.313 e. The van der Waals surface area contributed by atoms with Gasteiger partial charge in [0.05, 0.1) is 11.4 Å². The Kier molecular flexibility index (Phi) is 6.91. The second-order valence-corrected chi connectivity index (χ2v) is 15.5. The molecule has 51 heavy (non-hydrogen) atoms. The summed E-state index contributed by atoms with van der Waals surface area (Å²) in [5.74, 6) is 0.372. The molecule has 1 atom stereocenters. The molecule has 1 aromatic heterocycles. The first-order valence-electron chi connectivity index (χ1n) is 18.0. The highest BCUT2D eigenvalue weighted by molar-refractivity contribution is 7.26. The van der Waals surface area contributed by atoms with Crippen LogP contribution in [0.5, 0.6) is 0 Å². The molecular formula is C49H37NS. The molecule has 0 saturated carbocycles. The van der Waals surface area contributed by atoms with E-state index in [-0.39, 0.29) is 5.41 Å². The first-order chi connectivity index (χ1) is 25.1. The first-order valence-corrected chi connectivity index (χ1v) is 18.8. The summed E-state index contributed by atoms with van der Waals surface area (Å²) in [4.78, 5) is 2.60. The Balaban J connectivity index is 1.26. The summed E-state index contributed by atoms with van der Waals surface area (Å²) in [5.41, 5.74) is 13.0. The van der Waals surface area contributed by atoms with Gasteiger partial charge in [0.1, 0.15) is 0 Å². The smallest absolute Gasteiger partial charge is 0.0543 e. The lowest BCUT2D eigenvalue weighted by Gasteiger charge is -2.38. The van der Waals surface area contributed by atoms with Gasteiger partial charge in [-0.05, 0) is 75.1 Å². The predicted molar refractivity (Wildman–Crippen MR) is 220 cm³/mol. The van der Waals surface area contributed by atoms with E-state index in [1.807, 2.05) is 11.3 Å². The first kappa shape index (κ1) is 30.2. The number of fused-ring (bicyclic) bond motifs is 7. The van der Waals surface area contributed by atoms with E-state index in [9.17, 15) is 0 Å². The van der Waals surface area contributed by atoms with Gasteiger partial charge in [-0.15, -0.1) is 11.3 Å². The third-order valence-corrected chi connectivity index (χ3v) is 12.6. The standard InChI is InChI=1S/C49H37NS/c1-49(2)42-24-11-8-19-36(42)37-29-28-34(31-43(37)49)50(45-30-27-32-15-6-7-18-35(32)47(45)33-16-4-3-5-17-33)44-25-12-9-20-38(44)40-22-14-23-41-39-21-10-13-26-46(39)51-48(40)41/h3-30,43H,31H2,1-2H3. The number of anilines is 2. The minimum absolute atomic E-state index is 0.0153. The molecule has 0 saturated heterocycles. The maximum Gasteiger partial charge on any atom is 0.0543 e. The summed E-state index contributed by atoms with van der Waals surface area (Å²) in [7, 11) is 0. The maximum atomic E-state index is 2.60. The van der Waals surface area contributed by atoms with Crippen LogP contribution in [-0.4, -0.2) is 0 Å². The molecule has 244 valence electrons. The number of hydrogen-bond acceptors (Lipinski definition) is 2. The van der Waals surface area contributed by atoms with Crippen molar-refractivity contribution in [2.45, 2.75) is 25.7 Å². The highest BCUT2D eigenvalue weighted by atomic mass is 32.1. The Hall–Kier alpha value is -5.70. The van der Waals surface area contributed by atoms with Gasteiger partial charge in [-0.3, -0.25) is 0 Å². The van der Waals surface area contributed by atoms with E-state index < -0.39 is 0 Å². The molecule has 0 spiro atoms. The molecule has 0 radical (unpaired) electrons. The van der Waals surface area contributed by atoms with Crippen molar-refractivity contribution < 1.29 is 0 Å². The molecule has 7 aromatic carbocycles. The van der Waals surface area contributed by atoms with E-state index in [4.69, 9.17) is 0 Å². The van der Waals surface area contributed by atoms with Gasteiger partial charge < -0.3 is 4.90 Å². The zero-order valence-electron chi connectivity index (χ0n) is 28.8. The number of para-hydroxylation sites is 1. The molecule has 0 bridgehead atoms. The molecule has 2 heteroatoms. The molecule has 0 fully saturated rings. The van der Waals surface area contributed by atoms with Crippen LogP contribution in [0.4, 0.5) is 11.4 Å². The van der Waals surface area contributed by atoms with E-state index >= 15 is 0 Å². The van der Waals surface area contributed by atoms with Crippen molar-refractivity contribution in [2.75, 3.05) is 4.90 Å². The Labute approximate surface area is 303 Å². The van der Waals surface area contributed by atoms with Crippen molar-refractivity contribution in [3.05, 3.63) is 187 Å². The van der Waals surface area contributed by atoms with Gasteiger partial charge in [0.2, 0.25) is 0 Å². The quantitative estimate of drug-likeness (QED) is 0.176. The average molecular weight is 672 g/mol. The number of thiophene rings is 1. The zero-order valence-corrected chi connectivity index (χ0v) is 29.6. The molecule has 2 aliphatic carbocycles. The monoisotopic (exact) mass is 671 g/mol. The number of hydrogen-bond donors (Lipinski definition) is 0. The SMILES string of the molecule is CC1(C)c2ccccc2C2=CC=C(N(c3ccccc3-c3cccc4c3sc3ccccc34)c3ccc4ccccc4c3-c3ccccc3)CC21. The molecule has 0 aliphatic heterocycles. The highest BCUT2D eigenvalue weighted by Crippen LogP contribution is 2.56. The fourth-order valence-electron chi connectivity index (χ4n) is 8.91. The molecule has 10 rings (SSSR count). The normalized spacial score (nSPS) is 16.2. The number of nitrogens with zero attached hydrogens (tertiary/aromatic N) is 1. The van der Waals surface area contributed by atoms with Crippen LogP contribution in [0.15, 0.2) is 176 Å². The van der Waals surface area contributed by atoms with Crippen molar-refractivity contribution in [3.8, 4) is 22.3 Å². The fourth-order valence-corrected chi connectivity index (χ4v) is 10.1. The topological polar surface area (TPSA) is 3.24 Å². The summed E-state index contributed by atoms with van der Waals surface area (Å²) in [6.45, 7) is 4.87. The number of rotatable bonds is 5. The van der Waals surface area contributed by atoms with E-state index in [1.54, 1.807) is 0 Å². The Bertz CT molecular complexity index is 2710. The summed E-state index contributed by atoms with van der Waals surface area (Å²) < 4.78 is 2.66. The molecule has 0 N–H and O–H groups in total. The van der Waals surface area contributed by atoms with Crippen LogP contribution in [0, 0.1) is 5.92 Å². The van der Waals surface area contributed by atoms with Gasteiger partial charge in [0.15, 0.2) is 0 Å². The third kappa shape index (κ3) is 4.67. The predicted octanol–water partition coefficient (Wildman–Crippen LogP) is 14.0. The third-order valence-electron chi connectivity index (χ3n) is 11.4. The Morgan fingerprint density at radius 2 is 1.24 bits per heavy atom. The number of allylic oxidation sites excluding steroid dienone is 4. The van der Waals surface area contributed by atoms with E-state index in [1.165, 1.54) is 87.0 Å². The minimum atomic E-state index is 0.0153. The van der Waals surface area contributed by atoms with E-state index in [0.717, 1.165) is 6.42 Å². The van der Waals surface area contributed by atoms with Crippen LogP contribution >= 0.6 is 11.3 Å². The lowest BCUT2D eigenvalue weighted by atomic mass is 9.73. The second-order valence-electron chi connectivity index (χ2n) is 14.5. The maximum absolute atomic E-state index is 2.60. The zero-order chi connectivity index (χ0) is 34.1. The molecule has 1 heterocycles. The van der Waals surface area contributed by atoms with Crippen LogP contribution < -0.4 is 4.90 Å². The molecular weight excluding hydrogens is 635 g/mol. The Morgan fingerprint density at radius 3 is 2.12 bits per heavy atom. The van der Waals surface area contributed by atoms with Gasteiger partial charge in [0.25, 0.3) is 0 Å². The van der Waals surface area contributed by atoms with Crippen LogP contribution in [0.1, 0.15) is 31.4 Å². The Morgan fingerprint density at radius 1 is 0.549 bits per heavy atom. The highest BCUT2D eigenvalue weighted by Gasteiger charge is 2.44. The van der Waals surface area contributed by atoms with Gasteiger partial charge in [-0.1, -0.05) is 159 Å². The minimum Gasteiger partial charge on any atom is -0.313 e. The summed E-state index contributed by atoms with van der Waals surface area (Å²) in [6.07, 6.45) is 5.77. The molecule has 1 unspecified atom stereocenters. The number of benzene rings is 7. The lowest BCUT2D eigenvalue weighted by Crippen LogP contribution is -2.29. The van der Waals surface area contributed by atoms with E-state index in [2.05, 4.69) is 189 Å². The summed E-state index contributed by atoms with van der Waals surface area (Å²) in [5, 5.41) is 5.15. The van der Waals surface area contributed by atoms with Gasteiger partial charge >= 0.3 is 0 Å².